The average Bonchev–Trinajstić information content (AvgIpc) is 2.60. The minimum Gasteiger partial charge on any atom is -0.508 e. The summed E-state index contributed by atoms with van der Waals surface area (Å²) in [6.45, 7) is 3.65. The minimum atomic E-state index is -0.751. The maximum Gasteiger partial charge on any atom is 0.262 e. The fraction of sp³-hybridized carbons (Fsp3) is 0.211. The van der Waals surface area contributed by atoms with E-state index in [0.29, 0.717) is 16.1 Å². The fourth-order valence-corrected chi connectivity index (χ4v) is 2.38. The summed E-state index contributed by atoms with van der Waals surface area (Å²) in [6, 6.07) is 12.1. The zero-order valence-electron chi connectivity index (χ0n) is 14.4. The van der Waals surface area contributed by atoms with Gasteiger partial charge in [0.2, 0.25) is 0 Å². The number of halogens is 1. The van der Waals surface area contributed by atoms with Crippen molar-refractivity contribution in [2.45, 2.75) is 19.9 Å². The van der Waals surface area contributed by atoms with Crippen molar-refractivity contribution in [3.8, 4) is 5.75 Å². The highest BCUT2D eigenvalue weighted by atomic mass is 35.5. The van der Waals surface area contributed by atoms with Crippen LogP contribution in [0.3, 0.4) is 0 Å². The number of phenolic OH excluding ortho intramolecular Hbond substituents is 1. The topological polar surface area (TPSA) is 90.8 Å². The Bertz CT molecular complexity index is 804. The number of benzene rings is 2. The lowest BCUT2D eigenvalue weighted by Gasteiger charge is -2.20. The lowest BCUT2D eigenvalue weighted by molar-refractivity contribution is -0.123. The lowest BCUT2D eigenvalue weighted by atomic mass is 10.0. The monoisotopic (exact) mass is 373 g/mol. The first-order valence-corrected chi connectivity index (χ1v) is 8.43. The van der Waals surface area contributed by atoms with E-state index in [4.69, 9.17) is 11.6 Å². The third-order valence-corrected chi connectivity index (χ3v) is 3.84. The summed E-state index contributed by atoms with van der Waals surface area (Å²) < 4.78 is 0. The van der Waals surface area contributed by atoms with E-state index >= 15 is 0 Å². The standard InChI is InChI=1S/C19H20ClN3O3/c1-12(2)17(22-18(25)14-4-3-5-15(20)10-14)19(26)23-21-11-13-6-8-16(24)9-7-13/h3-12,17,24H,1-2H3,(H,22,25)(H,23,26)/b21-11+. The van der Waals surface area contributed by atoms with Gasteiger partial charge in [0.15, 0.2) is 0 Å². The Labute approximate surface area is 156 Å². The molecule has 7 heteroatoms. The molecule has 0 fully saturated rings. The molecule has 2 rings (SSSR count). The molecule has 0 aliphatic heterocycles. The van der Waals surface area contributed by atoms with Crippen molar-refractivity contribution in [1.82, 2.24) is 10.7 Å². The van der Waals surface area contributed by atoms with Crippen molar-refractivity contribution in [3.05, 3.63) is 64.7 Å². The average molecular weight is 374 g/mol. The van der Waals surface area contributed by atoms with Gasteiger partial charge in [0, 0.05) is 10.6 Å². The van der Waals surface area contributed by atoms with Gasteiger partial charge in [-0.2, -0.15) is 5.10 Å². The van der Waals surface area contributed by atoms with E-state index in [1.165, 1.54) is 24.4 Å². The highest BCUT2D eigenvalue weighted by Crippen LogP contribution is 2.12. The molecule has 0 radical (unpaired) electrons. The third kappa shape index (κ3) is 5.60. The third-order valence-electron chi connectivity index (χ3n) is 3.60. The summed E-state index contributed by atoms with van der Waals surface area (Å²) in [5.74, 6) is -0.800. The molecule has 2 aromatic carbocycles. The van der Waals surface area contributed by atoms with E-state index in [2.05, 4.69) is 15.8 Å². The van der Waals surface area contributed by atoms with Crippen molar-refractivity contribution in [1.29, 1.82) is 0 Å². The summed E-state index contributed by atoms with van der Waals surface area (Å²) in [6.07, 6.45) is 1.45. The van der Waals surface area contributed by atoms with Crippen LogP contribution in [-0.4, -0.2) is 29.2 Å². The molecule has 1 unspecified atom stereocenters. The van der Waals surface area contributed by atoms with Crippen LogP contribution in [0.25, 0.3) is 0 Å². The quantitative estimate of drug-likeness (QED) is 0.537. The number of nitrogens with zero attached hydrogens (tertiary/aromatic N) is 1. The second-order valence-electron chi connectivity index (χ2n) is 6.03. The zero-order valence-corrected chi connectivity index (χ0v) is 15.2. The number of rotatable bonds is 6. The van der Waals surface area contributed by atoms with E-state index in [9.17, 15) is 14.7 Å². The molecule has 0 bridgehead atoms. The van der Waals surface area contributed by atoms with Gasteiger partial charge in [-0.3, -0.25) is 9.59 Å². The van der Waals surface area contributed by atoms with E-state index in [-0.39, 0.29) is 17.6 Å². The van der Waals surface area contributed by atoms with Gasteiger partial charge in [-0.1, -0.05) is 31.5 Å². The summed E-state index contributed by atoms with van der Waals surface area (Å²) in [5, 5.41) is 16.3. The van der Waals surface area contributed by atoms with Crippen LogP contribution in [0.2, 0.25) is 5.02 Å². The van der Waals surface area contributed by atoms with Crippen LogP contribution in [0.1, 0.15) is 29.8 Å². The van der Waals surface area contributed by atoms with Gasteiger partial charge in [-0.05, 0) is 53.9 Å². The van der Waals surface area contributed by atoms with Crippen LogP contribution in [0.15, 0.2) is 53.6 Å². The molecule has 0 saturated carbocycles. The SMILES string of the molecule is CC(C)C(NC(=O)c1cccc(Cl)c1)C(=O)N/N=C/c1ccc(O)cc1. The molecule has 0 heterocycles. The summed E-state index contributed by atoms with van der Waals surface area (Å²) >= 11 is 5.89. The van der Waals surface area contributed by atoms with E-state index in [1.54, 1.807) is 30.3 Å². The maximum absolute atomic E-state index is 12.4. The Morgan fingerprint density at radius 2 is 1.85 bits per heavy atom. The lowest BCUT2D eigenvalue weighted by Crippen LogP contribution is -2.48. The number of amides is 2. The van der Waals surface area contributed by atoms with Gasteiger partial charge < -0.3 is 10.4 Å². The molecule has 0 spiro atoms. The van der Waals surface area contributed by atoms with Crippen LogP contribution in [0, 0.1) is 5.92 Å². The molecule has 0 aromatic heterocycles. The van der Waals surface area contributed by atoms with Crippen molar-refractivity contribution < 1.29 is 14.7 Å². The zero-order chi connectivity index (χ0) is 19.1. The number of aromatic hydroxyl groups is 1. The van der Waals surface area contributed by atoms with Crippen LogP contribution < -0.4 is 10.7 Å². The number of carbonyl (C=O) groups is 2. The van der Waals surface area contributed by atoms with Gasteiger partial charge in [0.05, 0.1) is 6.21 Å². The fourth-order valence-electron chi connectivity index (χ4n) is 2.19. The molecule has 26 heavy (non-hydrogen) atoms. The first-order chi connectivity index (χ1) is 12.4. The van der Waals surface area contributed by atoms with Gasteiger partial charge in [0.25, 0.3) is 11.8 Å². The van der Waals surface area contributed by atoms with Crippen LogP contribution in [0.5, 0.6) is 5.75 Å². The minimum absolute atomic E-state index is 0.137. The normalized spacial score (nSPS) is 12.2. The smallest absolute Gasteiger partial charge is 0.262 e. The molecule has 0 aliphatic carbocycles. The van der Waals surface area contributed by atoms with Gasteiger partial charge in [0.1, 0.15) is 11.8 Å². The molecule has 0 saturated heterocycles. The number of hydrazone groups is 1. The molecule has 0 aliphatic rings. The predicted molar refractivity (Wildman–Crippen MR) is 101 cm³/mol. The molecule has 2 aromatic rings. The summed E-state index contributed by atoms with van der Waals surface area (Å²) in [5.41, 5.74) is 3.52. The Kier molecular flexibility index (Phi) is 6.74. The highest BCUT2D eigenvalue weighted by Gasteiger charge is 2.24. The Morgan fingerprint density at radius 3 is 2.46 bits per heavy atom. The number of phenols is 1. The largest absolute Gasteiger partial charge is 0.508 e. The number of hydrogen-bond acceptors (Lipinski definition) is 4. The van der Waals surface area contributed by atoms with Crippen molar-refractivity contribution in [2.75, 3.05) is 0 Å². The molecular formula is C19H20ClN3O3. The molecule has 136 valence electrons. The molecule has 3 N–H and O–H groups in total. The van der Waals surface area contributed by atoms with E-state index < -0.39 is 11.9 Å². The van der Waals surface area contributed by atoms with Crippen LogP contribution in [-0.2, 0) is 4.79 Å². The second kappa shape index (κ2) is 9.01. The molecule has 2 amide bonds. The number of carbonyl (C=O) groups excluding carboxylic acids is 2. The second-order valence-corrected chi connectivity index (χ2v) is 6.47. The predicted octanol–water partition coefficient (Wildman–Crippen LogP) is 2.95. The first-order valence-electron chi connectivity index (χ1n) is 8.05. The maximum atomic E-state index is 12.4. The Hall–Kier alpha value is -2.86. The summed E-state index contributed by atoms with van der Waals surface area (Å²) in [4.78, 5) is 24.7. The molecule has 6 nitrogen and oxygen atoms in total. The highest BCUT2D eigenvalue weighted by molar-refractivity contribution is 6.31. The van der Waals surface area contributed by atoms with Crippen LogP contribution >= 0.6 is 11.6 Å². The van der Waals surface area contributed by atoms with Crippen molar-refractivity contribution in [3.63, 3.8) is 0 Å². The Balaban J connectivity index is 2.00. The van der Waals surface area contributed by atoms with Gasteiger partial charge >= 0.3 is 0 Å². The number of nitrogens with one attached hydrogen (secondary N) is 2. The first kappa shape index (κ1) is 19.5. The van der Waals surface area contributed by atoms with Crippen LogP contribution in [0.4, 0.5) is 0 Å². The number of hydrogen-bond donors (Lipinski definition) is 3. The van der Waals surface area contributed by atoms with E-state index in [0.717, 1.165) is 0 Å². The van der Waals surface area contributed by atoms with Gasteiger partial charge in [-0.25, -0.2) is 5.43 Å². The molecular weight excluding hydrogens is 354 g/mol. The van der Waals surface area contributed by atoms with E-state index in [1.807, 2.05) is 13.8 Å². The van der Waals surface area contributed by atoms with Gasteiger partial charge in [-0.15, -0.1) is 0 Å². The van der Waals surface area contributed by atoms with Crippen molar-refractivity contribution in [2.24, 2.45) is 11.0 Å². The van der Waals surface area contributed by atoms with Crippen molar-refractivity contribution >= 4 is 29.6 Å². The molecule has 1 atom stereocenters. The Morgan fingerprint density at radius 1 is 1.15 bits per heavy atom. The summed E-state index contributed by atoms with van der Waals surface area (Å²) in [7, 11) is 0.